The summed E-state index contributed by atoms with van der Waals surface area (Å²) in [6.45, 7) is 3.46. The average molecular weight is 159 g/mol. The molecule has 60 valence electrons. The first-order valence-electron chi connectivity index (χ1n) is 3.49. The van der Waals surface area contributed by atoms with Gasteiger partial charge in [0.1, 0.15) is 5.69 Å². The first-order valence-corrected chi connectivity index (χ1v) is 3.49. The van der Waals surface area contributed by atoms with Crippen molar-refractivity contribution in [2.75, 3.05) is 0 Å². The van der Waals surface area contributed by atoms with E-state index in [1.165, 1.54) is 12.3 Å². The molecule has 1 N–H and O–H groups in total. The normalized spacial score (nSPS) is 10.0. The van der Waals surface area contributed by atoms with Crippen LogP contribution in [0.4, 0.5) is 0 Å². The van der Waals surface area contributed by atoms with E-state index in [9.17, 15) is 0 Å². The second kappa shape index (κ2) is 4.18. The third kappa shape index (κ3) is 2.12. The van der Waals surface area contributed by atoms with Gasteiger partial charge in [-0.05, 0) is 12.1 Å². The Morgan fingerprint density at radius 1 is 1.58 bits per heavy atom. The molecule has 0 bridgehead atoms. The molecule has 0 saturated heterocycles. The molecule has 0 aliphatic carbocycles. The standard InChI is InChI=1S/C9H9N3/c1-2-6-12-9(10)8-5-3-4-7-11-8/h2-7,10H,1H2. The summed E-state index contributed by atoms with van der Waals surface area (Å²) in [5.74, 6) is 0.149. The van der Waals surface area contributed by atoms with Gasteiger partial charge in [0.2, 0.25) is 0 Å². The minimum atomic E-state index is 0.149. The van der Waals surface area contributed by atoms with Crippen molar-refractivity contribution in [2.45, 2.75) is 0 Å². The lowest BCUT2D eigenvalue weighted by atomic mass is 10.3. The average Bonchev–Trinajstić information content (AvgIpc) is 2.15. The molecule has 0 spiro atoms. The molecule has 0 atom stereocenters. The van der Waals surface area contributed by atoms with Crippen molar-refractivity contribution >= 4 is 12.1 Å². The molecular weight excluding hydrogens is 150 g/mol. The van der Waals surface area contributed by atoms with Crippen molar-refractivity contribution in [2.24, 2.45) is 4.99 Å². The largest absolute Gasteiger partial charge is 0.281 e. The van der Waals surface area contributed by atoms with E-state index in [0.717, 1.165) is 0 Å². The number of allylic oxidation sites excluding steroid dienone is 1. The van der Waals surface area contributed by atoms with Crippen molar-refractivity contribution in [3.05, 3.63) is 42.7 Å². The highest BCUT2D eigenvalue weighted by Crippen LogP contribution is 1.94. The van der Waals surface area contributed by atoms with Gasteiger partial charge < -0.3 is 0 Å². The maximum absolute atomic E-state index is 7.42. The van der Waals surface area contributed by atoms with Gasteiger partial charge in [0.15, 0.2) is 5.84 Å². The Morgan fingerprint density at radius 3 is 3.00 bits per heavy atom. The van der Waals surface area contributed by atoms with E-state index in [1.807, 2.05) is 6.07 Å². The lowest BCUT2D eigenvalue weighted by molar-refractivity contribution is 1.26. The van der Waals surface area contributed by atoms with Gasteiger partial charge >= 0.3 is 0 Å². The number of hydrogen-bond acceptors (Lipinski definition) is 2. The van der Waals surface area contributed by atoms with Crippen LogP contribution in [-0.4, -0.2) is 17.0 Å². The highest BCUT2D eigenvalue weighted by Gasteiger charge is 1.96. The van der Waals surface area contributed by atoms with Gasteiger partial charge in [-0.15, -0.1) is 0 Å². The van der Waals surface area contributed by atoms with Gasteiger partial charge in [-0.25, -0.2) is 4.99 Å². The molecule has 0 saturated carbocycles. The molecule has 0 aromatic carbocycles. The molecule has 0 aliphatic rings. The van der Waals surface area contributed by atoms with Crippen LogP contribution in [0.3, 0.4) is 0 Å². The van der Waals surface area contributed by atoms with Crippen molar-refractivity contribution < 1.29 is 0 Å². The number of nitrogens with one attached hydrogen (secondary N) is 1. The highest BCUT2D eigenvalue weighted by molar-refractivity contribution is 6.00. The number of amidine groups is 1. The van der Waals surface area contributed by atoms with Gasteiger partial charge in [-0.1, -0.05) is 18.7 Å². The van der Waals surface area contributed by atoms with E-state index in [1.54, 1.807) is 18.3 Å². The second-order valence-corrected chi connectivity index (χ2v) is 2.08. The Kier molecular flexibility index (Phi) is 2.90. The number of rotatable bonds is 2. The van der Waals surface area contributed by atoms with Crippen molar-refractivity contribution in [3.8, 4) is 0 Å². The predicted molar refractivity (Wildman–Crippen MR) is 49.8 cm³/mol. The molecule has 1 rings (SSSR count). The van der Waals surface area contributed by atoms with Crippen molar-refractivity contribution in [1.29, 1.82) is 5.41 Å². The predicted octanol–water partition coefficient (Wildman–Crippen LogP) is 1.66. The molecular formula is C9H9N3. The Labute approximate surface area is 71.0 Å². The van der Waals surface area contributed by atoms with Crippen LogP contribution >= 0.6 is 0 Å². The van der Waals surface area contributed by atoms with Gasteiger partial charge in [0.25, 0.3) is 0 Å². The first-order chi connectivity index (χ1) is 5.84. The Hall–Kier alpha value is -1.77. The summed E-state index contributed by atoms with van der Waals surface area (Å²) >= 11 is 0. The number of aromatic nitrogens is 1. The molecule has 3 nitrogen and oxygen atoms in total. The van der Waals surface area contributed by atoms with E-state index in [-0.39, 0.29) is 5.84 Å². The smallest absolute Gasteiger partial charge is 0.170 e. The minimum Gasteiger partial charge on any atom is -0.281 e. The lowest BCUT2D eigenvalue weighted by Crippen LogP contribution is -1.97. The molecule has 0 radical (unpaired) electrons. The van der Waals surface area contributed by atoms with Gasteiger partial charge in [-0.3, -0.25) is 10.4 Å². The number of hydrogen-bond donors (Lipinski definition) is 1. The van der Waals surface area contributed by atoms with Gasteiger partial charge in [0, 0.05) is 12.4 Å². The zero-order valence-electron chi connectivity index (χ0n) is 6.57. The summed E-state index contributed by atoms with van der Waals surface area (Å²) in [5.41, 5.74) is 0.565. The highest BCUT2D eigenvalue weighted by atomic mass is 14.9. The van der Waals surface area contributed by atoms with Crippen LogP contribution in [0.5, 0.6) is 0 Å². The minimum absolute atomic E-state index is 0.149. The van der Waals surface area contributed by atoms with E-state index in [2.05, 4.69) is 16.6 Å². The summed E-state index contributed by atoms with van der Waals surface area (Å²) in [5, 5.41) is 7.42. The SMILES string of the molecule is C=CC=NC(=N)c1ccccn1. The monoisotopic (exact) mass is 159 g/mol. The Balaban J connectivity index is 2.79. The van der Waals surface area contributed by atoms with Gasteiger partial charge in [0.05, 0.1) is 0 Å². The van der Waals surface area contributed by atoms with E-state index in [4.69, 9.17) is 5.41 Å². The summed E-state index contributed by atoms with van der Waals surface area (Å²) in [4.78, 5) is 7.75. The summed E-state index contributed by atoms with van der Waals surface area (Å²) in [6.07, 6.45) is 4.63. The Morgan fingerprint density at radius 2 is 2.42 bits per heavy atom. The fourth-order valence-corrected chi connectivity index (χ4v) is 0.696. The molecule has 1 aromatic heterocycles. The topological polar surface area (TPSA) is 49.1 Å². The maximum atomic E-state index is 7.42. The fourth-order valence-electron chi connectivity index (χ4n) is 0.696. The van der Waals surface area contributed by atoms with Gasteiger partial charge in [-0.2, -0.15) is 0 Å². The van der Waals surface area contributed by atoms with Crippen LogP contribution in [0.2, 0.25) is 0 Å². The number of aliphatic imine (C=N–C) groups is 1. The molecule has 1 aromatic rings. The molecule has 0 aliphatic heterocycles. The van der Waals surface area contributed by atoms with E-state index < -0.39 is 0 Å². The number of pyridine rings is 1. The zero-order chi connectivity index (χ0) is 8.81. The summed E-state index contributed by atoms with van der Waals surface area (Å²) in [7, 11) is 0. The van der Waals surface area contributed by atoms with Crippen LogP contribution in [0.15, 0.2) is 42.0 Å². The lowest BCUT2D eigenvalue weighted by Gasteiger charge is -1.93. The molecule has 0 fully saturated rings. The van der Waals surface area contributed by atoms with E-state index in [0.29, 0.717) is 5.69 Å². The molecule has 1 heterocycles. The Bertz CT molecular complexity index is 301. The fraction of sp³-hybridized carbons (Fsp3) is 0. The van der Waals surface area contributed by atoms with E-state index >= 15 is 0 Å². The van der Waals surface area contributed by atoms with Crippen LogP contribution in [0.1, 0.15) is 5.69 Å². The molecule has 0 unspecified atom stereocenters. The second-order valence-electron chi connectivity index (χ2n) is 2.08. The maximum Gasteiger partial charge on any atom is 0.170 e. The van der Waals surface area contributed by atoms with Crippen molar-refractivity contribution in [1.82, 2.24) is 4.98 Å². The van der Waals surface area contributed by atoms with Crippen LogP contribution in [0, 0.1) is 5.41 Å². The molecule has 0 amide bonds. The quantitative estimate of drug-likeness (QED) is 0.517. The summed E-state index contributed by atoms with van der Waals surface area (Å²) in [6, 6.07) is 5.36. The third-order valence-electron chi connectivity index (χ3n) is 1.22. The molecule has 12 heavy (non-hydrogen) atoms. The summed E-state index contributed by atoms with van der Waals surface area (Å²) < 4.78 is 0. The van der Waals surface area contributed by atoms with Crippen LogP contribution in [0.25, 0.3) is 0 Å². The molecule has 3 heteroatoms. The first kappa shape index (κ1) is 8.33. The number of nitrogens with zero attached hydrogens (tertiary/aromatic N) is 2. The van der Waals surface area contributed by atoms with Crippen molar-refractivity contribution in [3.63, 3.8) is 0 Å². The van der Waals surface area contributed by atoms with Crippen LogP contribution in [-0.2, 0) is 0 Å². The zero-order valence-corrected chi connectivity index (χ0v) is 6.57. The third-order valence-corrected chi connectivity index (χ3v) is 1.22. The van der Waals surface area contributed by atoms with Crippen LogP contribution < -0.4 is 0 Å².